The van der Waals surface area contributed by atoms with E-state index in [0.717, 1.165) is 44.1 Å². The van der Waals surface area contributed by atoms with Crippen molar-refractivity contribution in [1.82, 2.24) is 15.0 Å². The molecule has 0 unspecified atom stereocenters. The fourth-order valence-corrected chi connectivity index (χ4v) is 7.18. The first-order valence-electron chi connectivity index (χ1n) is 12.2. The number of nitrogens with zero attached hydrogens (tertiary/aromatic N) is 1. The van der Waals surface area contributed by atoms with Gasteiger partial charge in [0.25, 0.3) is 0 Å². The molecule has 0 bridgehead atoms. The van der Waals surface area contributed by atoms with E-state index in [4.69, 9.17) is 0 Å². The van der Waals surface area contributed by atoms with Crippen molar-refractivity contribution in [3.8, 4) is 0 Å². The molecule has 34 heavy (non-hydrogen) atoms. The highest BCUT2D eigenvalue weighted by molar-refractivity contribution is 7.91. The molecule has 192 valence electrons. The van der Waals surface area contributed by atoms with Crippen LogP contribution in [0.25, 0.3) is 0 Å². The van der Waals surface area contributed by atoms with Crippen LogP contribution in [0.1, 0.15) is 69.8 Å². The molecule has 11 heteroatoms. The van der Waals surface area contributed by atoms with E-state index in [1.807, 2.05) is 0 Å². The summed E-state index contributed by atoms with van der Waals surface area (Å²) in [6.45, 7) is 2.32. The van der Waals surface area contributed by atoms with Crippen LogP contribution < -0.4 is 15.4 Å². The number of aromatic nitrogens is 1. The number of rotatable bonds is 10. The van der Waals surface area contributed by atoms with Gasteiger partial charge in [0.2, 0.25) is 15.9 Å². The minimum absolute atomic E-state index is 0.0176. The summed E-state index contributed by atoms with van der Waals surface area (Å²) in [6.07, 6.45) is 11.2. The predicted octanol–water partition coefficient (Wildman–Crippen LogP) is 2.52. The summed E-state index contributed by atoms with van der Waals surface area (Å²) in [5.74, 6) is 0.392. The molecule has 2 aliphatic carbocycles. The number of sulfone groups is 1. The molecule has 1 heterocycles. The summed E-state index contributed by atoms with van der Waals surface area (Å²) < 4.78 is 52.0. The lowest BCUT2D eigenvalue weighted by molar-refractivity contribution is -0.121. The van der Waals surface area contributed by atoms with Crippen molar-refractivity contribution in [3.05, 3.63) is 17.8 Å². The number of carbonyl (C=O) groups is 1. The summed E-state index contributed by atoms with van der Waals surface area (Å²) in [4.78, 5) is 16.6. The average molecular weight is 515 g/mol. The third-order valence-corrected chi connectivity index (χ3v) is 10.0. The van der Waals surface area contributed by atoms with E-state index in [9.17, 15) is 21.6 Å². The van der Waals surface area contributed by atoms with Crippen molar-refractivity contribution in [2.45, 2.75) is 87.3 Å². The minimum Gasteiger partial charge on any atom is -0.369 e. The Balaban J connectivity index is 1.54. The summed E-state index contributed by atoms with van der Waals surface area (Å²) >= 11 is 0. The van der Waals surface area contributed by atoms with Crippen LogP contribution in [-0.4, -0.2) is 58.4 Å². The molecule has 0 radical (unpaired) electrons. The number of hydrogen-bond donors (Lipinski definition) is 3. The van der Waals surface area contributed by atoms with Crippen LogP contribution in [0.4, 0.5) is 5.82 Å². The molecule has 2 fully saturated rings. The minimum atomic E-state index is -3.86. The molecule has 0 aliphatic heterocycles. The zero-order valence-corrected chi connectivity index (χ0v) is 21.8. The largest absolute Gasteiger partial charge is 0.369 e. The van der Waals surface area contributed by atoms with Crippen molar-refractivity contribution in [2.24, 2.45) is 5.92 Å². The summed E-state index contributed by atoms with van der Waals surface area (Å²) in [7, 11) is -6.88. The standard InChI is InChI=1S/C23H38N4O5S2/c1-17-14-21(34(31,32)26-13-12-22(28)27-19-6-4-3-5-7-19)23(24-15-17)25-16-18-8-10-20(11-9-18)33(2,29)30/h14-15,18-20,26H,3-13,16H2,1-2H3,(H,24,25)(H,27,28). The number of carbonyl (C=O) groups excluding carboxylic acids is 1. The van der Waals surface area contributed by atoms with Crippen molar-refractivity contribution in [1.29, 1.82) is 0 Å². The number of sulfonamides is 1. The lowest BCUT2D eigenvalue weighted by Crippen LogP contribution is -2.38. The molecule has 2 saturated carbocycles. The second-order valence-electron chi connectivity index (χ2n) is 9.76. The molecule has 1 amide bonds. The van der Waals surface area contributed by atoms with Crippen LogP contribution in [0.3, 0.4) is 0 Å². The maximum atomic E-state index is 13.0. The van der Waals surface area contributed by atoms with Gasteiger partial charge in [0.15, 0.2) is 0 Å². The fourth-order valence-electron chi connectivity index (χ4n) is 4.81. The molecule has 0 saturated heterocycles. The van der Waals surface area contributed by atoms with Gasteiger partial charge in [-0.3, -0.25) is 4.79 Å². The molecule has 3 rings (SSSR count). The monoisotopic (exact) mass is 514 g/mol. The Kier molecular flexibility index (Phi) is 9.34. The van der Waals surface area contributed by atoms with E-state index in [2.05, 4.69) is 20.3 Å². The van der Waals surface area contributed by atoms with Crippen LogP contribution >= 0.6 is 0 Å². The zero-order chi connectivity index (χ0) is 24.8. The van der Waals surface area contributed by atoms with Gasteiger partial charge in [0.05, 0.1) is 5.25 Å². The van der Waals surface area contributed by atoms with Crippen LogP contribution in [0, 0.1) is 12.8 Å². The van der Waals surface area contributed by atoms with Crippen molar-refractivity contribution in [3.63, 3.8) is 0 Å². The SMILES string of the molecule is Cc1cnc(NCC2CCC(S(C)(=O)=O)CC2)c(S(=O)(=O)NCCC(=O)NC2CCCCC2)c1. The molecule has 0 atom stereocenters. The molecular weight excluding hydrogens is 476 g/mol. The highest BCUT2D eigenvalue weighted by Crippen LogP contribution is 2.29. The van der Waals surface area contributed by atoms with Gasteiger partial charge < -0.3 is 10.6 Å². The molecule has 3 N–H and O–H groups in total. The molecule has 1 aromatic rings. The Morgan fingerprint density at radius 1 is 1.03 bits per heavy atom. The van der Waals surface area contributed by atoms with E-state index in [0.29, 0.717) is 19.4 Å². The lowest BCUT2D eigenvalue weighted by atomic mass is 9.89. The maximum absolute atomic E-state index is 13.0. The zero-order valence-electron chi connectivity index (χ0n) is 20.2. The van der Waals surface area contributed by atoms with Crippen LogP contribution in [0.5, 0.6) is 0 Å². The predicted molar refractivity (Wildman–Crippen MR) is 133 cm³/mol. The number of hydrogen-bond acceptors (Lipinski definition) is 7. The number of aryl methyl sites for hydroxylation is 1. The summed E-state index contributed by atoms with van der Waals surface area (Å²) in [5, 5.41) is 5.88. The highest BCUT2D eigenvalue weighted by Gasteiger charge is 2.28. The molecule has 0 aromatic carbocycles. The molecular formula is C23H38N4O5S2. The maximum Gasteiger partial charge on any atom is 0.244 e. The van der Waals surface area contributed by atoms with Crippen molar-refractivity contribution in [2.75, 3.05) is 24.7 Å². The first-order valence-corrected chi connectivity index (χ1v) is 15.7. The van der Waals surface area contributed by atoms with E-state index in [-0.39, 0.29) is 46.8 Å². The Morgan fingerprint density at radius 3 is 2.35 bits per heavy atom. The Morgan fingerprint density at radius 2 is 1.71 bits per heavy atom. The van der Waals surface area contributed by atoms with Gasteiger partial charge in [0, 0.05) is 38.0 Å². The molecule has 2 aliphatic rings. The second kappa shape index (κ2) is 11.8. The molecule has 1 aromatic heterocycles. The summed E-state index contributed by atoms with van der Waals surface area (Å²) in [6, 6.07) is 1.77. The van der Waals surface area contributed by atoms with Gasteiger partial charge in [-0.1, -0.05) is 19.3 Å². The average Bonchev–Trinajstić information content (AvgIpc) is 2.78. The number of amides is 1. The third-order valence-electron chi connectivity index (χ3n) is 6.85. The Labute approximate surface area is 203 Å². The van der Waals surface area contributed by atoms with E-state index >= 15 is 0 Å². The van der Waals surface area contributed by atoms with Crippen LogP contribution in [0.2, 0.25) is 0 Å². The molecule has 9 nitrogen and oxygen atoms in total. The number of nitrogens with one attached hydrogen (secondary N) is 3. The first-order chi connectivity index (χ1) is 16.0. The van der Waals surface area contributed by atoms with Crippen molar-refractivity contribution >= 4 is 31.6 Å². The van der Waals surface area contributed by atoms with Gasteiger partial charge in [-0.25, -0.2) is 26.5 Å². The normalized spacial score (nSPS) is 22.3. The Bertz CT molecular complexity index is 1050. The smallest absolute Gasteiger partial charge is 0.244 e. The van der Waals surface area contributed by atoms with Gasteiger partial charge in [-0.15, -0.1) is 0 Å². The topological polar surface area (TPSA) is 134 Å². The lowest BCUT2D eigenvalue weighted by Gasteiger charge is -2.27. The number of anilines is 1. The first kappa shape index (κ1) is 26.9. The number of pyridine rings is 1. The third kappa shape index (κ3) is 7.91. The van der Waals surface area contributed by atoms with Crippen molar-refractivity contribution < 1.29 is 21.6 Å². The van der Waals surface area contributed by atoms with Gasteiger partial charge in [0.1, 0.15) is 20.6 Å². The van der Waals surface area contributed by atoms with E-state index in [1.54, 1.807) is 19.2 Å². The van der Waals surface area contributed by atoms with E-state index < -0.39 is 19.9 Å². The van der Waals surface area contributed by atoms with E-state index in [1.165, 1.54) is 12.7 Å². The van der Waals surface area contributed by atoms with Crippen LogP contribution in [0.15, 0.2) is 17.2 Å². The highest BCUT2D eigenvalue weighted by atomic mass is 32.2. The van der Waals surface area contributed by atoms with Gasteiger partial charge in [-0.2, -0.15) is 0 Å². The fraction of sp³-hybridized carbons (Fsp3) is 0.739. The Hall–Kier alpha value is -1.72. The second-order valence-corrected chi connectivity index (χ2v) is 13.8. The van der Waals surface area contributed by atoms with Gasteiger partial charge >= 0.3 is 0 Å². The van der Waals surface area contributed by atoms with Gasteiger partial charge in [-0.05, 0) is 63.0 Å². The molecule has 0 spiro atoms. The van der Waals surface area contributed by atoms with Crippen LogP contribution in [-0.2, 0) is 24.7 Å². The summed E-state index contributed by atoms with van der Waals surface area (Å²) in [5.41, 5.74) is 0.717. The quantitative estimate of drug-likeness (QED) is 0.437.